The average molecular weight is 1030 g/mol. The average Bonchev–Trinajstić information content (AvgIpc) is 4.20. The van der Waals surface area contributed by atoms with Gasteiger partial charge in [0, 0.05) is 74.3 Å². The summed E-state index contributed by atoms with van der Waals surface area (Å²) in [4.78, 5) is 46.8. The van der Waals surface area contributed by atoms with Gasteiger partial charge in [-0.05, 0) is 111 Å². The van der Waals surface area contributed by atoms with Crippen LogP contribution in [0.25, 0.3) is 21.7 Å². The minimum atomic E-state index is -0.825. The van der Waals surface area contributed by atoms with Crippen molar-refractivity contribution in [3.63, 3.8) is 0 Å². The van der Waals surface area contributed by atoms with E-state index in [9.17, 15) is 19.8 Å². The number of piperazine rings is 1. The standard InChI is InChI=1S/C55H67N11O7S/c1-33(2)51(55(70)65-31-42(67)26-46(65)54(69)59-34(3)37-9-11-38(12-10-37)52-35(4)58-32-74-52)48-28-50(62-73-48)71-23-18-36-16-20-63(21-17-36)22-24-72-49-25-39(15-19-57-49)66-40-13-14-41(66)30-64(29-40)45-27-44(60-61-53(45)56)43-7-5-6-8-47(43)68/h5-12,15,19,25,27-28,32-34,36,40-42,46,51,67-68H,13-14,16-18,20-24,26,29-31H2,1-4H3,(H2,56,61)(H,59,69)/t34-,40?,41?,42+,46-,51+/m0/s1. The molecular formula is C55H67N11O7S. The van der Waals surface area contributed by atoms with Gasteiger partial charge in [0.25, 0.3) is 5.88 Å². The SMILES string of the molecule is Cc1ncsc1-c1ccc([C@H](C)NC(=O)[C@@H]2C[C@@H](O)CN2C(=O)[C@@H](c2cc(OCCC3CCN(CCOc4cc(N5C6CCC5CN(c5cc(-c7ccccc7O)nnc5N)C6)ccn4)CC3)no2)C(C)C)cc1. The van der Waals surface area contributed by atoms with Gasteiger partial charge in [0.15, 0.2) is 11.6 Å². The number of anilines is 3. The first-order chi connectivity index (χ1) is 35.9. The number of β-amino-alcohol motifs (C(OH)–C–C–N with tert-alkyl or cyclic N) is 1. The maximum absolute atomic E-state index is 14.2. The number of ether oxygens (including phenoxy) is 2. The van der Waals surface area contributed by atoms with Crippen molar-refractivity contribution in [2.24, 2.45) is 11.8 Å². The fourth-order valence-electron chi connectivity index (χ4n) is 11.3. The molecule has 4 aromatic heterocycles. The van der Waals surface area contributed by atoms with Gasteiger partial charge in [-0.15, -0.1) is 21.5 Å². The van der Waals surface area contributed by atoms with Gasteiger partial charge in [-0.2, -0.15) is 0 Å². The number of rotatable bonds is 18. The number of carbonyl (C=O) groups is 2. The fraction of sp³-hybridized carbons (Fsp3) is 0.473. The van der Waals surface area contributed by atoms with Gasteiger partial charge in [-0.25, -0.2) is 9.97 Å². The number of thiazole rings is 1. The van der Waals surface area contributed by atoms with E-state index in [1.807, 2.05) is 81.9 Å². The number of aromatic nitrogens is 5. The Morgan fingerprint density at radius 1 is 0.905 bits per heavy atom. The normalized spacial score (nSPS) is 21.0. The fourth-order valence-corrected chi connectivity index (χ4v) is 12.1. The second kappa shape index (κ2) is 22.3. The lowest BCUT2D eigenvalue weighted by atomic mass is 9.91. The zero-order valence-electron chi connectivity index (χ0n) is 42.5. The van der Waals surface area contributed by atoms with E-state index in [4.69, 9.17) is 19.7 Å². The number of nitrogen functional groups attached to an aromatic ring is 1. The summed E-state index contributed by atoms with van der Waals surface area (Å²) in [7, 11) is 0. The third-order valence-electron chi connectivity index (χ3n) is 15.3. The van der Waals surface area contributed by atoms with Crippen LogP contribution in [0.4, 0.5) is 17.2 Å². The largest absolute Gasteiger partial charge is 0.507 e. The number of pyridine rings is 1. The number of fused-ring (bicyclic) bond motifs is 2. The van der Waals surface area contributed by atoms with E-state index in [0.29, 0.717) is 53.7 Å². The number of piperidine rings is 1. The summed E-state index contributed by atoms with van der Waals surface area (Å²) in [6, 6.07) is 22.4. The van der Waals surface area contributed by atoms with Crippen LogP contribution in [0.15, 0.2) is 89.0 Å². The summed E-state index contributed by atoms with van der Waals surface area (Å²) in [5, 5.41) is 37.0. The third-order valence-corrected chi connectivity index (χ3v) is 16.3. The number of carbonyl (C=O) groups excluding carboxylic acids is 2. The molecule has 0 spiro atoms. The smallest absolute Gasteiger partial charge is 0.254 e. The van der Waals surface area contributed by atoms with Crippen molar-refractivity contribution in [1.82, 2.24) is 40.4 Å². The first-order valence-electron chi connectivity index (χ1n) is 26.0. The molecule has 2 bridgehead atoms. The van der Waals surface area contributed by atoms with Crippen LogP contribution >= 0.6 is 11.3 Å². The summed E-state index contributed by atoms with van der Waals surface area (Å²) in [6.07, 6.45) is 6.26. The van der Waals surface area contributed by atoms with Crippen molar-refractivity contribution < 1.29 is 33.8 Å². The van der Waals surface area contributed by atoms with Crippen LogP contribution < -0.4 is 30.3 Å². The zero-order chi connectivity index (χ0) is 51.5. The zero-order valence-corrected chi connectivity index (χ0v) is 43.4. The summed E-state index contributed by atoms with van der Waals surface area (Å²) >= 11 is 1.59. The van der Waals surface area contributed by atoms with Gasteiger partial charge in [0.2, 0.25) is 17.7 Å². The van der Waals surface area contributed by atoms with Crippen LogP contribution in [0.1, 0.15) is 88.3 Å². The van der Waals surface area contributed by atoms with Gasteiger partial charge in [-0.1, -0.05) is 50.2 Å². The van der Waals surface area contributed by atoms with Crippen LogP contribution in [0, 0.1) is 18.8 Å². The van der Waals surface area contributed by atoms with Gasteiger partial charge >= 0.3 is 0 Å². The Morgan fingerprint density at radius 2 is 1.66 bits per heavy atom. The van der Waals surface area contributed by atoms with Crippen LogP contribution in [0.3, 0.4) is 0 Å². The molecule has 4 saturated heterocycles. The Hall–Kier alpha value is -6.83. The number of likely N-dealkylation sites (tertiary alicyclic amines) is 2. The molecule has 19 heteroatoms. The number of hydrogen-bond acceptors (Lipinski definition) is 17. The molecule has 4 aliphatic heterocycles. The minimum absolute atomic E-state index is 0.0574. The van der Waals surface area contributed by atoms with E-state index < -0.39 is 18.1 Å². The first kappa shape index (κ1) is 50.7. The third kappa shape index (κ3) is 11.1. The number of nitrogens with one attached hydrogen (secondary N) is 1. The lowest BCUT2D eigenvalue weighted by Gasteiger charge is -2.43. The predicted octanol–water partition coefficient (Wildman–Crippen LogP) is 7.24. The number of aliphatic hydroxyl groups is 1. The highest BCUT2D eigenvalue weighted by Crippen LogP contribution is 2.40. The number of aryl methyl sites for hydroxylation is 1. The summed E-state index contributed by atoms with van der Waals surface area (Å²) in [6.45, 7) is 13.2. The number of nitrogens with zero attached hydrogens (tertiary/aromatic N) is 9. The Labute approximate surface area is 435 Å². The summed E-state index contributed by atoms with van der Waals surface area (Å²) < 4.78 is 18.1. The van der Waals surface area contributed by atoms with Crippen LogP contribution in [0.5, 0.6) is 17.5 Å². The molecular weight excluding hydrogens is 959 g/mol. The lowest BCUT2D eigenvalue weighted by Crippen LogP contribution is -2.54. The number of aliphatic hydroxyl groups excluding tert-OH is 1. The molecule has 5 N–H and O–H groups in total. The monoisotopic (exact) mass is 1030 g/mol. The van der Waals surface area contributed by atoms with Gasteiger partial charge in [0.1, 0.15) is 24.3 Å². The molecule has 4 aliphatic rings. The van der Waals surface area contributed by atoms with Crippen LogP contribution in [0.2, 0.25) is 0 Å². The molecule has 0 radical (unpaired) electrons. The number of hydrogen-bond donors (Lipinski definition) is 4. The highest BCUT2D eigenvalue weighted by atomic mass is 32.1. The Kier molecular flexibility index (Phi) is 15.3. The summed E-state index contributed by atoms with van der Waals surface area (Å²) in [5.74, 6) is 0.890. The molecule has 6 atom stereocenters. The molecule has 2 amide bonds. The molecule has 18 nitrogen and oxygen atoms in total. The van der Waals surface area contributed by atoms with E-state index in [0.717, 1.165) is 97.9 Å². The van der Waals surface area contributed by atoms with E-state index in [2.05, 4.69) is 57.5 Å². The number of amides is 2. The first-order valence-corrected chi connectivity index (χ1v) is 26.9. The second-order valence-electron chi connectivity index (χ2n) is 20.6. The molecule has 8 heterocycles. The van der Waals surface area contributed by atoms with E-state index >= 15 is 0 Å². The van der Waals surface area contributed by atoms with E-state index in [1.165, 1.54) is 4.90 Å². The number of aromatic hydroxyl groups is 1. The van der Waals surface area contributed by atoms with E-state index in [1.54, 1.807) is 29.5 Å². The van der Waals surface area contributed by atoms with Gasteiger partial charge in [0.05, 0.1) is 46.2 Å². The lowest BCUT2D eigenvalue weighted by molar-refractivity contribution is -0.141. The van der Waals surface area contributed by atoms with Crippen molar-refractivity contribution in [3.05, 3.63) is 102 Å². The number of benzene rings is 2. The van der Waals surface area contributed by atoms with Gasteiger partial charge < -0.3 is 50.0 Å². The summed E-state index contributed by atoms with van der Waals surface area (Å²) in [5.41, 5.74) is 14.4. The van der Waals surface area contributed by atoms with Crippen molar-refractivity contribution in [1.29, 1.82) is 0 Å². The molecule has 0 aliphatic carbocycles. The molecule has 4 fully saturated rings. The number of para-hydroxylation sites is 1. The topological polar surface area (TPSA) is 222 Å². The highest BCUT2D eigenvalue weighted by molar-refractivity contribution is 7.13. The molecule has 6 aromatic rings. The molecule has 10 rings (SSSR count). The Balaban J connectivity index is 0.655. The quantitative estimate of drug-likeness (QED) is 0.0666. The second-order valence-corrected chi connectivity index (χ2v) is 21.5. The molecule has 74 heavy (non-hydrogen) atoms. The molecule has 390 valence electrons. The van der Waals surface area contributed by atoms with Gasteiger partial charge in [-0.3, -0.25) is 14.5 Å². The molecule has 2 unspecified atom stereocenters. The number of phenols is 1. The maximum Gasteiger partial charge on any atom is 0.254 e. The molecule has 2 aromatic carbocycles. The van der Waals surface area contributed by atoms with Crippen molar-refractivity contribution in [2.75, 3.05) is 68.0 Å². The Morgan fingerprint density at radius 3 is 2.39 bits per heavy atom. The number of nitrogens with two attached hydrogens (primary N) is 1. The Bertz CT molecular complexity index is 2880. The predicted molar refractivity (Wildman–Crippen MR) is 283 cm³/mol. The number of phenolic OH excluding ortho intramolecular Hbond substituents is 1. The highest BCUT2D eigenvalue weighted by Gasteiger charge is 2.44. The van der Waals surface area contributed by atoms with Crippen molar-refractivity contribution in [2.45, 2.75) is 102 Å². The van der Waals surface area contributed by atoms with Crippen LogP contribution in [-0.2, 0) is 9.59 Å². The van der Waals surface area contributed by atoms with Crippen LogP contribution in [-0.4, -0.2) is 134 Å². The maximum atomic E-state index is 14.2. The minimum Gasteiger partial charge on any atom is -0.507 e. The van der Waals surface area contributed by atoms with Crippen molar-refractivity contribution >= 4 is 40.3 Å². The van der Waals surface area contributed by atoms with Crippen molar-refractivity contribution in [3.8, 4) is 39.2 Å². The van der Waals surface area contributed by atoms with E-state index in [-0.39, 0.29) is 54.6 Å². The molecule has 0 saturated carbocycles.